The second kappa shape index (κ2) is 6.42. The number of carboxylic acid groups (broad SMARTS) is 1. The van der Waals surface area contributed by atoms with Crippen LogP contribution in [0.5, 0.6) is 5.75 Å². The summed E-state index contributed by atoms with van der Waals surface area (Å²) in [4.78, 5) is 13.9. The summed E-state index contributed by atoms with van der Waals surface area (Å²) in [6.07, 6.45) is -1.48. The summed E-state index contributed by atoms with van der Waals surface area (Å²) >= 11 is 5.79. The normalized spacial score (nSPS) is 16.0. The van der Waals surface area contributed by atoms with Crippen molar-refractivity contribution in [1.82, 2.24) is 0 Å². The first-order chi connectivity index (χ1) is 11.9. The number of benzene rings is 2. The van der Waals surface area contributed by atoms with Gasteiger partial charge in [-0.05, 0) is 35.4 Å². The number of hydrogen-bond donors (Lipinski definition) is 2. The number of rotatable bonds is 2. The van der Waals surface area contributed by atoms with Crippen LogP contribution in [-0.4, -0.2) is 17.0 Å². The van der Waals surface area contributed by atoms with E-state index in [0.717, 1.165) is 5.56 Å². The molecule has 126 valence electrons. The molecule has 1 amide bonds. The first-order valence-corrected chi connectivity index (χ1v) is 7.52. The average molecular weight is 360 g/mol. The van der Waals surface area contributed by atoms with Gasteiger partial charge in [0, 0.05) is 18.1 Å². The van der Waals surface area contributed by atoms with Gasteiger partial charge in [-0.3, -0.25) is 0 Å². The van der Waals surface area contributed by atoms with Crippen molar-refractivity contribution in [1.29, 1.82) is 5.26 Å². The Morgan fingerprint density at radius 2 is 2.16 bits per heavy atom. The number of amidine groups is 1. The van der Waals surface area contributed by atoms with E-state index in [2.05, 4.69) is 4.99 Å². The smallest absolute Gasteiger partial charge is 0.433 e. The highest BCUT2D eigenvalue weighted by Crippen LogP contribution is 2.39. The SMILES string of the molecule is N#Cc1cc(/C(N)=N/C(=O)O)cc(C2Cc3cc(Cl)c(F)cc3O2)c1. The topological polar surface area (TPSA) is 109 Å². The molecule has 0 aliphatic carbocycles. The molecule has 2 aromatic rings. The molecule has 0 spiro atoms. The van der Waals surface area contributed by atoms with Gasteiger partial charge in [0.15, 0.2) is 0 Å². The summed E-state index contributed by atoms with van der Waals surface area (Å²) in [5.41, 5.74) is 7.58. The Hall–Kier alpha value is -3.11. The largest absolute Gasteiger partial charge is 0.485 e. The highest BCUT2D eigenvalue weighted by atomic mass is 35.5. The Labute approximate surface area is 146 Å². The quantitative estimate of drug-likeness (QED) is 0.630. The van der Waals surface area contributed by atoms with Crippen LogP contribution in [0.15, 0.2) is 35.3 Å². The minimum atomic E-state index is -1.43. The maximum absolute atomic E-state index is 13.6. The van der Waals surface area contributed by atoms with Crippen molar-refractivity contribution >= 4 is 23.5 Å². The molecule has 0 aromatic heterocycles. The number of halogens is 2. The molecule has 3 N–H and O–H groups in total. The third-order valence-electron chi connectivity index (χ3n) is 3.75. The fraction of sp³-hybridized carbons (Fsp3) is 0.118. The lowest BCUT2D eigenvalue weighted by Crippen LogP contribution is -2.16. The highest BCUT2D eigenvalue weighted by Gasteiger charge is 2.27. The number of nitriles is 1. The molecule has 1 unspecified atom stereocenters. The fourth-order valence-corrected chi connectivity index (χ4v) is 2.82. The number of ether oxygens (including phenoxy) is 1. The zero-order valence-electron chi connectivity index (χ0n) is 12.7. The van der Waals surface area contributed by atoms with E-state index in [1.807, 2.05) is 6.07 Å². The van der Waals surface area contributed by atoms with Crippen LogP contribution >= 0.6 is 11.6 Å². The molecule has 3 rings (SSSR count). The summed E-state index contributed by atoms with van der Waals surface area (Å²) < 4.78 is 19.3. The van der Waals surface area contributed by atoms with E-state index in [4.69, 9.17) is 27.2 Å². The van der Waals surface area contributed by atoms with Crippen molar-refractivity contribution in [3.8, 4) is 11.8 Å². The van der Waals surface area contributed by atoms with E-state index < -0.39 is 18.0 Å². The third kappa shape index (κ3) is 3.39. The predicted octanol–water partition coefficient (Wildman–Crippen LogP) is 3.41. The average Bonchev–Trinajstić information content (AvgIpc) is 2.97. The van der Waals surface area contributed by atoms with Crippen LogP contribution in [0.1, 0.15) is 28.4 Å². The Morgan fingerprint density at radius 3 is 2.84 bits per heavy atom. The van der Waals surface area contributed by atoms with Gasteiger partial charge in [0.05, 0.1) is 16.7 Å². The summed E-state index contributed by atoms with van der Waals surface area (Å²) in [5.74, 6) is -0.427. The van der Waals surface area contributed by atoms with E-state index in [1.54, 1.807) is 12.1 Å². The molecule has 6 nitrogen and oxygen atoms in total. The zero-order chi connectivity index (χ0) is 18.1. The van der Waals surface area contributed by atoms with Gasteiger partial charge in [0.2, 0.25) is 0 Å². The van der Waals surface area contributed by atoms with Gasteiger partial charge in [-0.2, -0.15) is 10.3 Å². The number of nitrogens with zero attached hydrogens (tertiary/aromatic N) is 2. The van der Waals surface area contributed by atoms with Gasteiger partial charge in [0.25, 0.3) is 0 Å². The first kappa shape index (κ1) is 16.7. The molecule has 0 saturated heterocycles. The van der Waals surface area contributed by atoms with Gasteiger partial charge in [-0.15, -0.1) is 0 Å². The second-order valence-corrected chi connectivity index (χ2v) is 5.83. The Bertz CT molecular complexity index is 922. The predicted molar refractivity (Wildman–Crippen MR) is 88.4 cm³/mol. The van der Waals surface area contributed by atoms with E-state index in [-0.39, 0.29) is 16.4 Å². The molecule has 0 fully saturated rings. The second-order valence-electron chi connectivity index (χ2n) is 5.42. The van der Waals surface area contributed by atoms with Crippen LogP contribution in [0, 0.1) is 17.1 Å². The van der Waals surface area contributed by atoms with Crippen LogP contribution in [-0.2, 0) is 6.42 Å². The molecule has 0 bridgehead atoms. The maximum atomic E-state index is 13.6. The van der Waals surface area contributed by atoms with E-state index in [0.29, 0.717) is 23.3 Å². The molecule has 25 heavy (non-hydrogen) atoms. The Balaban J connectivity index is 1.98. The number of aliphatic imine (C=N–C) groups is 1. The standard InChI is InChI=1S/C17H11ClFN3O3/c18-12-4-10-5-14(25-15(10)6-13(12)19)9-1-8(7-20)2-11(3-9)16(21)22-17(23)24/h1-4,6,14H,5H2,(H2,21,22)(H,23,24). The van der Waals surface area contributed by atoms with E-state index in [9.17, 15) is 14.4 Å². The molecule has 0 saturated carbocycles. The number of nitrogens with two attached hydrogens (primary N) is 1. The molecule has 1 atom stereocenters. The van der Waals surface area contributed by atoms with E-state index >= 15 is 0 Å². The lowest BCUT2D eigenvalue weighted by Gasteiger charge is -2.13. The number of hydrogen-bond acceptors (Lipinski definition) is 3. The summed E-state index contributed by atoms with van der Waals surface area (Å²) in [6, 6.07) is 9.33. The first-order valence-electron chi connectivity index (χ1n) is 7.14. The van der Waals surface area contributed by atoms with Crippen LogP contribution < -0.4 is 10.5 Å². The highest BCUT2D eigenvalue weighted by molar-refractivity contribution is 6.30. The molecule has 1 aliphatic rings. The maximum Gasteiger partial charge on any atom is 0.433 e. The monoisotopic (exact) mass is 359 g/mol. The van der Waals surface area contributed by atoms with Gasteiger partial charge in [0.1, 0.15) is 23.5 Å². The van der Waals surface area contributed by atoms with Crippen molar-refractivity contribution in [2.75, 3.05) is 0 Å². The van der Waals surface area contributed by atoms with Gasteiger partial charge in [-0.25, -0.2) is 9.18 Å². The minimum Gasteiger partial charge on any atom is -0.485 e. The van der Waals surface area contributed by atoms with Crippen LogP contribution in [0.25, 0.3) is 0 Å². The number of amides is 1. The Morgan fingerprint density at radius 1 is 1.40 bits per heavy atom. The van der Waals surface area contributed by atoms with Crippen molar-refractivity contribution in [2.24, 2.45) is 10.7 Å². The van der Waals surface area contributed by atoms with E-state index in [1.165, 1.54) is 18.2 Å². The van der Waals surface area contributed by atoms with Gasteiger partial charge in [-0.1, -0.05) is 11.6 Å². The van der Waals surface area contributed by atoms with Gasteiger partial charge < -0.3 is 15.6 Å². The van der Waals surface area contributed by atoms with Crippen molar-refractivity contribution in [3.05, 3.63) is 63.4 Å². The summed E-state index contributed by atoms with van der Waals surface area (Å²) in [6.45, 7) is 0. The third-order valence-corrected chi connectivity index (χ3v) is 4.04. The summed E-state index contributed by atoms with van der Waals surface area (Å²) in [5, 5.41) is 17.9. The number of carbonyl (C=O) groups is 1. The van der Waals surface area contributed by atoms with Crippen molar-refractivity contribution < 1.29 is 19.0 Å². The molecule has 0 radical (unpaired) electrons. The zero-order valence-corrected chi connectivity index (χ0v) is 13.4. The number of fused-ring (bicyclic) bond motifs is 1. The lowest BCUT2D eigenvalue weighted by atomic mass is 9.98. The minimum absolute atomic E-state index is 0.00676. The Kier molecular flexibility index (Phi) is 4.30. The van der Waals surface area contributed by atoms with Gasteiger partial charge >= 0.3 is 6.09 Å². The summed E-state index contributed by atoms with van der Waals surface area (Å²) in [7, 11) is 0. The lowest BCUT2D eigenvalue weighted by molar-refractivity contribution is 0.205. The molecular weight excluding hydrogens is 349 g/mol. The van der Waals surface area contributed by atoms with Crippen molar-refractivity contribution in [2.45, 2.75) is 12.5 Å². The van der Waals surface area contributed by atoms with Crippen LogP contribution in [0.3, 0.4) is 0 Å². The molecular formula is C17H11ClFN3O3. The molecule has 2 aromatic carbocycles. The molecule has 1 heterocycles. The molecule has 1 aliphatic heterocycles. The van der Waals surface area contributed by atoms with Crippen molar-refractivity contribution in [3.63, 3.8) is 0 Å². The molecule has 8 heteroatoms. The van der Waals surface area contributed by atoms with Crippen LogP contribution in [0.4, 0.5) is 9.18 Å². The fourth-order valence-electron chi connectivity index (χ4n) is 2.64. The van der Waals surface area contributed by atoms with Crippen LogP contribution in [0.2, 0.25) is 5.02 Å².